The highest BCUT2D eigenvalue weighted by atomic mass is 16.7. The van der Waals surface area contributed by atoms with E-state index in [1.165, 1.54) is 0 Å². The van der Waals surface area contributed by atoms with Crippen molar-refractivity contribution < 1.29 is 35.0 Å². The van der Waals surface area contributed by atoms with E-state index < -0.39 is 37.3 Å². The summed E-state index contributed by atoms with van der Waals surface area (Å²) >= 11 is 0. The van der Waals surface area contributed by atoms with E-state index in [9.17, 15) is 15.3 Å². The molecule has 0 bridgehead atoms. The molecule has 0 aromatic heterocycles. The molecule has 5 N–H and O–H groups in total. The molecule has 1 saturated heterocycles. The number of ether oxygens (including phenoxy) is 2. The molecular weight excluding hydrogens is 304 g/mol. The van der Waals surface area contributed by atoms with Crippen LogP contribution in [0.1, 0.15) is 26.7 Å². The van der Waals surface area contributed by atoms with Crippen LogP contribution < -0.4 is 0 Å². The van der Waals surface area contributed by atoms with E-state index in [1.54, 1.807) is 6.08 Å². The van der Waals surface area contributed by atoms with Crippen molar-refractivity contribution in [3.05, 3.63) is 23.3 Å². The second kappa shape index (κ2) is 10.1. The summed E-state index contributed by atoms with van der Waals surface area (Å²) in [4.78, 5) is 0. The van der Waals surface area contributed by atoms with Crippen LogP contribution >= 0.6 is 0 Å². The lowest BCUT2D eigenvalue weighted by molar-refractivity contribution is -0.299. The highest BCUT2D eigenvalue weighted by Crippen LogP contribution is 2.22. The van der Waals surface area contributed by atoms with E-state index in [0.29, 0.717) is 0 Å². The van der Waals surface area contributed by atoms with Gasteiger partial charge >= 0.3 is 0 Å². The van der Waals surface area contributed by atoms with Crippen molar-refractivity contribution in [2.75, 3.05) is 19.8 Å². The first-order valence-corrected chi connectivity index (χ1v) is 7.75. The molecule has 1 aliphatic rings. The number of hydrogen-bond acceptors (Lipinski definition) is 7. The van der Waals surface area contributed by atoms with Gasteiger partial charge in [0.1, 0.15) is 24.4 Å². The van der Waals surface area contributed by atoms with E-state index >= 15 is 0 Å². The second-order valence-electron chi connectivity index (χ2n) is 5.83. The van der Waals surface area contributed by atoms with Crippen molar-refractivity contribution in [2.24, 2.45) is 0 Å². The van der Waals surface area contributed by atoms with Crippen LogP contribution in [0.15, 0.2) is 23.3 Å². The molecule has 0 radical (unpaired) electrons. The maximum absolute atomic E-state index is 9.85. The SMILES string of the molecule is CC(=CCO)CCC=C(C)COC1OC(CO)C(O)C(O)C1O. The third-order valence-corrected chi connectivity index (χ3v) is 3.79. The smallest absolute Gasteiger partial charge is 0.187 e. The van der Waals surface area contributed by atoms with Gasteiger partial charge in [-0.25, -0.2) is 0 Å². The van der Waals surface area contributed by atoms with Crippen LogP contribution in [-0.4, -0.2) is 76.1 Å². The Morgan fingerprint density at radius 3 is 2.30 bits per heavy atom. The van der Waals surface area contributed by atoms with Gasteiger partial charge in [0, 0.05) is 0 Å². The molecule has 134 valence electrons. The molecular formula is C16H28O7. The van der Waals surface area contributed by atoms with Crippen LogP contribution in [0.4, 0.5) is 0 Å². The molecule has 1 heterocycles. The number of allylic oxidation sites excluding steroid dienone is 2. The van der Waals surface area contributed by atoms with Crippen molar-refractivity contribution in [1.82, 2.24) is 0 Å². The standard InChI is InChI=1S/C16H28O7/c1-10(6-7-17)4-3-5-11(2)9-22-16-15(21)14(20)13(19)12(8-18)23-16/h5-6,12-21H,3-4,7-9H2,1-2H3. The van der Waals surface area contributed by atoms with Gasteiger partial charge in [0.15, 0.2) is 6.29 Å². The van der Waals surface area contributed by atoms with Gasteiger partial charge in [-0.2, -0.15) is 0 Å². The summed E-state index contributed by atoms with van der Waals surface area (Å²) in [6.45, 7) is 3.58. The molecule has 1 rings (SSSR count). The lowest BCUT2D eigenvalue weighted by Crippen LogP contribution is -2.59. The van der Waals surface area contributed by atoms with Crippen molar-refractivity contribution in [1.29, 1.82) is 0 Å². The maximum atomic E-state index is 9.85. The zero-order chi connectivity index (χ0) is 17.4. The van der Waals surface area contributed by atoms with Gasteiger partial charge < -0.3 is 35.0 Å². The Hall–Kier alpha value is -0.800. The minimum Gasteiger partial charge on any atom is -0.394 e. The molecule has 1 aliphatic heterocycles. The van der Waals surface area contributed by atoms with Gasteiger partial charge in [-0.05, 0) is 26.7 Å². The lowest BCUT2D eigenvalue weighted by atomic mass is 9.99. The summed E-state index contributed by atoms with van der Waals surface area (Å²) in [5.41, 5.74) is 2.03. The van der Waals surface area contributed by atoms with E-state index in [-0.39, 0.29) is 13.2 Å². The summed E-state index contributed by atoms with van der Waals surface area (Å²) in [5, 5.41) is 47.1. The van der Waals surface area contributed by atoms with Crippen LogP contribution in [0.3, 0.4) is 0 Å². The first kappa shape index (κ1) is 20.2. The van der Waals surface area contributed by atoms with Gasteiger partial charge in [0.25, 0.3) is 0 Å². The van der Waals surface area contributed by atoms with E-state index in [2.05, 4.69) is 0 Å². The van der Waals surface area contributed by atoms with Crippen LogP contribution in [-0.2, 0) is 9.47 Å². The molecule has 0 spiro atoms. The summed E-state index contributed by atoms with van der Waals surface area (Å²) in [5.74, 6) is 0. The van der Waals surface area contributed by atoms with Crippen LogP contribution in [0.5, 0.6) is 0 Å². The zero-order valence-electron chi connectivity index (χ0n) is 13.6. The third-order valence-electron chi connectivity index (χ3n) is 3.79. The number of aliphatic hydroxyl groups is 5. The molecule has 0 aromatic rings. The molecule has 0 amide bonds. The largest absolute Gasteiger partial charge is 0.394 e. The average Bonchev–Trinajstić information content (AvgIpc) is 2.52. The average molecular weight is 332 g/mol. The molecule has 0 aliphatic carbocycles. The summed E-state index contributed by atoms with van der Waals surface area (Å²) in [7, 11) is 0. The minimum atomic E-state index is -1.43. The Labute approximate surface area is 136 Å². The fraction of sp³-hybridized carbons (Fsp3) is 0.750. The number of hydrogen-bond donors (Lipinski definition) is 5. The quantitative estimate of drug-likeness (QED) is 0.379. The highest BCUT2D eigenvalue weighted by molar-refractivity contribution is 5.04. The summed E-state index contributed by atoms with van der Waals surface area (Å²) < 4.78 is 10.7. The highest BCUT2D eigenvalue weighted by Gasteiger charge is 2.43. The van der Waals surface area contributed by atoms with E-state index in [1.807, 2.05) is 19.9 Å². The van der Waals surface area contributed by atoms with E-state index in [0.717, 1.165) is 24.0 Å². The summed E-state index contributed by atoms with van der Waals surface area (Å²) in [6.07, 6.45) is -0.889. The number of rotatable bonds is 8. The first-order chi connectivity index (χ1) is 10.9. The monoisotopic (exact) mass is 332 g/mol. The predicted molar refractivity (Wildman–Crippen MR) is 83.6 cm³/mol. The van der Waals surface area contributed by atoms with Gasteiger partial charge in [-0.1, -0.05) is 23.3 Å². The zero-order valence-corrected chi connectivity index (χ0v) is 13.6. The molecule has 7 heteroatoms. The van der Waals surface area contributed by atoms with Crippen molar-refractivity contribution in [3.8, 4) is 0 Å². The Morgan fingerprint density at radius 2 is 1.70 bits per heavy atom. The fourth-order valence-corrected chi connectivity index (χ4v) is 2.28. The third kappa shape index (κ3) is 6.31. The molecule has 5 atom stereocenters. The van der Waals surface area contributed by atoms with Crippen molar-refractivity contribution in [3.63, 3.8) is 0 Å². The van der Waals surface area contributed by atoms with Crippen LogP contribution in [0, 0.1) is 0 Å². The fourth-order valence-electron chi connectivity index (χ4n) is 2.28. The van der Waals surface area contributed by atoms with Gasteiger partial charge in [-0.3, -0.25) is 0 Å². The maximum Gasteiger partial charge on any atom is 0.187 e. The Morgan fingerprint density at radius 1 is 1.00 bits per heavy atom. The topological polar surface area (TPSA) is 120 Å². The van der Waals surface area contributed by atoms with Gasteiger partial charge in [-0.15, -0.1) is 0 Å². The molecule has 7 nitrogen and oxygen atoms in total. The predicted octanol–water partition coefficient (Wildman–Crippen LogP) is -0.532. The van der Waals surface area contributed by atoms with Crippen LogP contribution in [0.2, 0.25) is 0 Å². The van der Waals surface area contributed by atoms with E-state index in [4.69, 9.17) is 19.7 Å². The number of aliphatic hydroxyl groups excluding tert-OH is 5. The molecule has 23 heavy (non-hydrogen) atoms. The Bertz CT molecular complexity index is 405. The van der Waals surface area contributed by atoms with Crippen molar-refractivity contribution >= 4 is 0 Å². The van der Waals surface area contributed by atoms with Crippen LogP contribution in [0.25, 0.3) is 0 Å². The molecule has 5 unspecified atom stereocenters. The minimum absolute atomic E-state index is 0.0365. The Kier molecular flexibility index (Phi) is 8.93. The lowest BCUT2D eigenvalue weighted by Gasteiger charge is -2.39. The molecule has 0 aromatic carbocycles. The first-order valence-electron chi connectivity index (χ1n) is 7.75. The van der Waals surface area contributed by atoms with Gasteiger partial charge in [0.05, 0.1) is 19.8 Å². The Balaban J connectivity index is 2.45. The molecule has 0 saturated carbocycles. The normalized spacial score (nSPS) is 33.1. The summed E-state index contributed by atoms with van der Waals surface area (Å²) in [6, 6.07) is 0. The van der Waals surface area contributed by atoms with Gasteiger partial charge in [0.2, 0.25) is 0 Å². The molecule has 1 fully saturated rings. The van der Waals surface area contributed by atoms with Crippen molar-refractivity contribution in [2.45, 2.75) is 57.4 Å². The second-order valence-corrected chi connectivity index (χ2v) is 5.83.